The molecular formula is C19H29N3. The quantitative estimate of drug-likeness (QED) is 0.805. The number of fused-ring (bicyclic) bond motifs is 1. The summed E-state index contributed by atoms with van der Waals surface area (Å²) in [4.78, 5) is 5.01. The molecule has 2 aromatic rings. The zero-order valence-electron chi connectivity index (χ0n) is 14.3. The number of para-hydroxylation sites is 1. The fourth-order valence-electron chi connectivity index (χ4n) is 3.82. The van der Waals surface area contributed by atoms with Crippen molar-refractivity contribution in [2.45, 2.75) is 39.3 Å². The van der Waals surface area contributed by atoms with E-state index in [4.69, 9.17) is 0 Å². The molecule has 0 saturated carbocycles. The highest BCUT2D eigenvalue weighted by Crippen LogP contribution is 2.35. The molecule has 3 nitrogen and oxygen atoms in total. The third-order valence-corrected chi connectivity index (χ3v) is 5.25. The van der Waals surface area contributed by atoms with Gasteiger partial charge in [-0.2, -0.15) is 0 Å². The van der Waals surface area contributed by atoms with Crippen molar-refractivity contribution in [3.05, 3.63) is 36.0 Å². The van der Waals surface area contributed by atoms with Crippen LogP contribution in [0.2, 0.25) is 0 Å². The van der Waals surface area contributed by atoms with Crippen molar-refractivity contribution in [1.82, 2.24) is 14.4 Å². The predicted octanol–water partition coefficient (Wildman–Crippen LogP) is 3.75. The Labute approximate surface area is 134 Å². The number of hydrogen-bond acceptors (Lipinski definition) is 2. The molecule has 120 valence electrons. The van der Waals surface area contributed by atoms with E-state index >= 15 is 0 Å². The maximum Gasteiger partial charge on any atom is 0.0484 e. The van der Waals surface area contributed by atoms with Crippen LogP contribution in [0.15, 0.2) is 30.5 Å². The zero-order valence-corrected chi connectivity index (χ0v) is 14.3. The lowest BCUT2D eigenvalue weighted by Crippen LogP contribution is -2.26. The first-order valence-corrected chi connectivity index (χ1v) is 8.75. The topological polar surface area (TPSA) is 11.4 Å². The first kappa shape index (κ1) is 15.6. The van der Waals surface area contributed by atoms with Gasteiger partial charge < -0.3 is 9.47 Å². The Morgan fingerprint density at radius 1 is 1.18 bits per heavy atom. The van der Waals surface area contributed by atoms with Gasteiger partial charge in [-0.05, 0) is 51.2 Å². The van der Waals surface area contributed by atoms with E-state index in [0.29, 0.717) is 6.04 Å². The van der Waals surface area contributed by atoms with E-state index in [1.165, 1.54) is 35.9 Å². The SMILES string of the molecule is CCN(CC)CCn1cc(C2CCCN2C)c2ccccc21. The Morgan fingerprint density at radius 3 is 2.64 bits per heavy atom. The molecule has 2 heterocycles. The fraction of sp³-hybridized carbons (Fsp3) is 0.579. The minimum absolute atomic E-state index is 0.597. The van der Waals surface area contributed by atoms with Crippen LogP contribution in [0, 0.1) is 0 Å². The summed E-state index contributed by atoms with van der Waals surface area (Å²) in [5.74, 6) is 0. The van der Waals surface area contributed by atoms with Crippen molar-refractivity contribution in [2.75, 3.05) is 33.2 Å². The average Bonchev–Trinajstić information content (AvgIpc) is 3.12. The molecule has 1 atom stereocenters. The fourth-order valence-corrected chi connectivity index (χ4v) is 3.82. The second kappa shape index (κ2) is 6.84. The highest BCUT2D eigenvalue weighted by Gasteiger charge is 2.25. The standard InChI is InChI=1S/C19H29N3/c1-4-21(5-2)13-14-22-15-17(18-11-8-12-20(18)3)16-9-6-7-10-19(16)22/h6-7,9-10,15,18H,4-5,8,11-14H2,1-3H3. The van der Waals surface area contributed by atoms with Gasteiger partial charge in [0.25, 0.3) is 0 Å². The van der Waals surface area contributed by atoms with E-state index in [2.05, 4.69) is 65.7 Å². The molecule has 1 aromatic heterocycles. The summed E-state index contributed by atoms with van der Waals surface area (Å²) in [6, 6.07) is 9.51. The van der Waals surface area contributed by atoms with Gasteiger partial charge >= 0.3 is 0 Å². The van der Waals surface area contributed by atoms with Crippen LogP contribution in [0.5, 0.6) is 0 Å². The number of hydrogen-bond donors (Lipinski definition) is 0. The van der Waals surface area contributed by atoms with Crippen LogP contribution in [0.4, 0.5) is 0 Å². The van der Waals surface area contributed by atoms with Gasteiger partial charge in [-0.3, -0.25) is 4.90 Å². The number of benzene rings is 1. The minimum Gasteiger partial charge on any atom is -0.346 e. The number of nitrogens with zero attached hydrogens (tertiary/aromatic N) is 3. The third kappa shape index (κ3) is 2.92. The maximum absolute atomic E-state index is 2.51. The molecule has 0 aliphatic carbocycles. The lowest BCUT2D eigenvalue weighted by molar-refractivity contribution is 0.291. The third-order valence-electron chi connectivity index (χ3n) is 5.25. The molecule has 0 bridgehead atoms. The molecule has 1 aromatic carbocycles. The second-order valence-electron chi connectivity index (χ2n) is 6.46. The van der Waals surface area contributed by atoms with Crippen LogP contribution in [0.3, 0.4) is 0 Å². The maximum atomic E-state index is 2.51. The Kier molecular flexibility index (Phi) is 4.84. The van der Waals surface area contributed by atoms with Crippen LogP contribution < -0.4 is 0 Å². The Balaban J connectivity index is 1.90. The Morgan fingerprint density at radius 2 is 1.95 bits per heavy atom. The second-order valence-corrected chi connectivity index (χ2v) is 6.46. The van der Waals surface area contributed by atoms with Crippen LogP contribution in [0.1, 0.15) is 38.3 Å². The molecular weight excluding hydrogens is 270 g/mol. The summed E-state index contributed by atoms with van der Waals surface area (Å²) >= 11 is 0. The Bertz CT molecular complexity index is 612. The largest absolute Gasteiger partial charge is 0.346 e. The summed E-state index contributed by atoms with van der Waals surface area (Å²) in [7, 11) is 2.26. The van der Waals surface area contributed by atoms with Crippen molar-refractivity contribution in [2.24, 2.45) is 0 Å². The molecule has 1 aliphatic heterocycles. The van der Waals surface area contributed by atoms with Gasteiger partial charge in [-0.25, -0.2) is 0 Å². The number of rotatable bonds is 6. The van der Waals surface area contributed by atoms with Crippen molar-refractivity contribution in [1.29, 1.82) is 0 Å². The molecule has 1 unspecified atom stereocenters. The number of likely N-dealkylation sites (tertiary alicyclic amines) is 1. The zero-order chi connectivity index (χ0) is 15.5. The molecule has 1 fully saturated rings. The molecule has 1 saturated heterocycles. The van der Waals surface area contributed by atoms with Gasteiger partial charge in [0.15, 0.2) is 0 Å². The van der Waals surface area contributed by atoms with E-state index in [0.717, 1.165) is 26.2 Å². The highest BCUT2D eigenvalue weighted by molar-refractivity contribution is 5.84. The summed E-state index contributed by atoms with van der Waals surface area (Å²) in [5.41, 5.74) is 2.92. The van der Waals surface area contributed by atoms with Crippen molar-refractivity contribution >= 4 is 10.9 Å². The molecule has 0 N–H and O–H groups in total. The summed E-state index contributed by atoms with van der Waals surface area (Å²) in [6.45, 7) is 10.2. The van der Waals surface area contributed by atoms with Gasteiger partial charge in [0, 0.05) is 36.2 Å². The van der Waals surface area contributed by atoms with E-state index < -0.39 is 0 Å². The lowest BCUT2D eigenvalue weighted by atomic mass is 10.0. The Hall–Kier alpha value is -1.32. The van der Waals surface area contributed by atoms with E-state index in [1.54, 1.807) is 0 Å². The molecule has 1 aliphatic rings. The van der Waals surface area contributed by atoms with E-state index in [1.807, 2.05) is 0 Å². The van der Waals surface area contributed by atoms with Crippen molar-refractivity contribution < 1.29 is 0 Å². The molecule has 0 amide bonds. The van der Waals surface area contributed by atoms with Gasteiger partial charge in [0.05, 0.1) is 0 Å². The molecule has 0 radical (unpaired) electrons. The summed E-state index contributed by atoms with van der Waals surface area (Å²) in [5, 5.41) is 1.45. The summed E-state index contributed by atoms with van der Waals surface area (Å²) in [6.07, 6.45) is 5.03. The normalized spacial score (nSPS) is 19.5. The molecule has 3 rings (SSSR count). The van der Waals surface area contributed by atoms with Crippen LogP contribution in [-0.2, 0) is 6.54 Å². The monoisotopic (exact) mass is 299 g/mol. The van der Waals surface area contributed by atoms with Gasteiger partial charge in [-0.15, -0.1) is 0 Å². The van der Waals surface area contributed by atoms with Gasteiger partial charge in [0.2, 0.25) is 0 Å². The number of aromatic nitrogens is 1. The lowest BCUT2D eigenvalue weighted by Gasteiger charge is -2.19. The molecule has 22 heavy (non-hydrogen) atoms. The minimum atomic E-state index is 0.597. The summed E-state index contributed by atoms with van der Waals surface area (Å²) < 4.78 is 2.47. The van der Waals surface area contributed by atoms with Gasteiger partial charge in [-0.1, -0.05) is 32.0 Å². The molecule has 0 spiro atoms. The van der Waals surface area contributed by atoms with Crippen molar-refractivity contribution in [3.8, 4) is 0 Å². The van der Waals surface area contributed by atoms with Crippen LogP contribution >= 0.6 is 0 Å². The van der Waals surface area contributed by atoms with E-state index in [-0.39, 0.29) is 0 Å². The first-order chi connectivity index (χ1) is 10.7. The van der Waals surface area contributed by atoms with E-state index in [9.17, 15) is 0 Å². The van der Waals surface area contributed by atoms with Crippen LogP contribution in [0.25, 0.3) is 10.9 Å². The molecule has 3 heteroatoms. The predicted molar refractivity (Wildman–Crippen MR) is 94.3 cm³/mol. The van der Waals surface area contributed by atoms with Crippen LogP contribution in [-0.4, -0.2) is 47.6 Å². The smallest absolute Gasteiger partial charge is 0.0484 e. The van der Waals surface area contributed by atoms with Crippen molar-refractivity contribution in [3.63, 3.8) is 0 Å². The van der Waals surface area contributed by atoms with Gasteiger partial charge in [0.1, 0.15) is 0 Å². The highest BCUT2D eigenvalue weighted by atomic mass is 15.2. The number of likely N-dealkylation sites (N-methyl/N-ethyl adjacent to an activating group) is 1. The average molecular weight is 299 g/mol. The first-order valence-electron chi connectivity index (χ1n) is 8.75.